The monoisotopic (exact) mass is 299 g/mol. The van der Waals surface area contributed by atoms with E-state index in [4.69, 9.17) is 17.3 Å². The number of nitrogens with zero attached hydrogens (tertiary/aromatic N) is 2. The lowest BCUT2D eigenvalue weighted by atomic mass is 10.1. The molecular weight excluding hydrogens is 286 g/mol. The summed E-state index contributed by atoms with van der Waals surface area (Å²) in [4.78, 5) is 0.174. The van der Waals surface area contributed by atoms with Gasteiger partial charge in [0.2, 0.25) is 0 Å². The predicted octanol–water partition coefficient (Wildman–Crippen LogP) is 1.49. The summed E-state index contributed by atoms with van der Waals surface area (Å²) in [5, 5.41) is 4.68. The summed E-state index contributed by atoms with van der Waals surface area (Å²) in [7, 11) is -3.26. The average Bonchev–Trinajstić information content (AvgIpc) is 2.79. The van der Waals surface area contributed by atoms with Crippen LogP contribution in [-0.2, 0) is 9.84 Å². The molecule has 0 radical (unpaired) electrons. The first kappa shape index (κ1) is 14.0. The average molecular weight is 300 g/mol. The zero-order valence-electron chi connectivity index (χ0n) is 10.3. The molecule has 0 fully saturated rings. The van der Waals surface area contributed by atoms with Crippen molar-refractivity contribution in [1.29, 1.82) is 0 Å². The van der Waals surface area contributed by atoms with Crippen molar-refractivity contribution in [3.8, 4) is 0 Å². The minimum absolute atomic E-state index is 0.174. The number of rotatable bonds is 4. The van der Waals surface area contributed by atoms with Gasteiger partial charge in [0.05, 0.1) is 12.2 Å². The lowest BCUT2D eigenvalue weighted by Crippen LogP contribution is -2.20. The van der Waals surface area contributed by atoms with Gasteiger partial charge >= 0.3 is 0 Å². The molecule has 0 amide bonds. The van der Waals surface area contributed by atoms with E-state index >= 15 is 0 Å². The molecule has 5 nitrogen and oxygen atoms in total. The molecule has 0 spiro atoms. The zero-order chi connectivity index (χ0) is 14.0. The Hall–Kier alpha value is -1.37. The third kappa shape index (κ3) is 3.15. The number of halogens is 1. The summed E-state index contributed by atoms with van der Waals surface area (Å²) in [6.45, 7) is 0.297. The summed E-state index contributed by atoms with van der Waals surface area (Å²) in [6, 6.07) is 7.02. The zero-order valence-corrected chi connectivity index (χ0v) is 11.9. The van der Waals surface area contributed by atoms with E-state index in [2.05, 4.69) is 5.10 Å². The summed E-state index contributed by atoms with van der Waals surface area (Å²) < 4.78 is 24.4. The Morgan fingerprint density at radius 1 is 1.47 bits per heavy atom. The topological polar surface area (TPSA) is 78.0 Å². The van der Waals surface area contributed by atoms with Gasteiger partial charge < -0.3 is 5.73 Å². The van der Waals surface area contributed by atoms with Crippen molar-refractivity contribution in [2.45, 2.75) is 10.9 Å². The molecule has 0 saturated heterocycles. The molecule has 2 aromatic rings. The van der Waals surface area contributed by atoms with Crippen molar-refractivity contribution in [2.75, 3.05) is 12.8 Å². The van der Waals surface area contributed by atoms with Gasteiger partial charge in [-0.2, -0.15) is 5.10 Å². The Balaban J connectivity index is 2.40. The Morgan fingerprint density at radius 3 is 2.74 bits per heavy atom. The lowest BCUT2D eigenvalue weighted by molar-refractivity contribution is 0.530. The molecule has 7 heteroatoms. The fourth-order valence-electron chi connectivity index (χ4n) is 1.79. The highest BCUT2D eigenvalue weighted by Crippen LogP contribution is 2.21. The van der Waals surface area contributed by atoms with Crippen molar-refractivity contribution >= 4 is 21.4 Å². The van der Waals surface area contributed by atoms with Crippen LogP contribution in [0.25, 0.3) is 0 Å². The highest BCUT2D eigenvalue weighted by Gasteiger charge is 2.16. The van der Waals surface area contributed by atoms with Crippen LogP contribution in [0, 0.1) is 0 Å². The summed E-state index contributed by atoms with van der Waals surface area (Å²) in [5.74, 6) is 0. The van der Waals surface area contributed by atoms with Gasteiger partial charge in [-0.1, -0.05) is 23.7 Å². The second-order valence-electron chi connectivity index (χ2n) is 4.23. The van der Waals surface area contributed by atoms with E-state index in [1.807, 2.05) is 12.1 Å². The van der Waals surface area contributed by atoms with Crippen LogP contribution in [0.15, 0.2) is 41.6 Å². The minimum Gasteiger partial charge on any atom is -0.328 e. The number of hydrogen-bond acceptors (Lipinski definition) is 4. The molecule has 0 aliphatic rings. The van der Waals surface area contributed by atoms with Crippen molar-refractivity contribution in [3.63, 3.8) is 0 Å². The molecule has 1 aromatic carbocycles. The van der Waals surface area contributed by atoms with Crippen LogP contribution in [0.1, 0.15) is 11.6 Å². The van der Waals surface area contributed by atoms with Gasteiger partial charge in [-0.15, -0.1) is 0 Å². The fraction of sp³-hybridized carbons (Fsp3) is 0.250. The first-order valence-electron chi connectivity index (χ1n) is 5.61. The van der Waals surface area contributed by atoms with Crippen LogP contribution < -0.4 is 5.73 Å². The molecule has 1 aromatic heterocycles. The molecule has 19 heavy (non-hydrogen) atoms. The molecular formula is C12H14ClN3O2S. The van der Waals surface area contributed by atoms with Gasteiger partial charge in [-0.05, 0) is 17.7 Å². The molecule has 102 valence electrons. The molecule has 0 aliphatic heterocycles. The smallest absolute Gasteiger partial charge is 0.178 e. The van der Waals surface area contributed by atoms with Crippen LogP contribution >= 0.6 is 11.6 Å². The number of aromatic nitrogens is 2. The second-order valence-corrected chi connectivity index (χ2v) is 6.69. The normalized spacial score (nSPS) is 13.4. The molecule has 0 bridgehead atoms. The van der Waals surface area contributed by atoms with Gasteiger partial charge in [0.15, 0.2) is 9.84 Å². The maximum absolute atomic E-state index is 11.4. The maximum Gasteiger partial charge on any atom is 0.178 e. The fourth-order valence-corrected chi connectivity index (χ4v) is 2.53. The van der Waals surface area contributed by atoms with E-state index in [9.17, 15) is 8.42 Å². The van der Waals surface area contributed by atoms with Crippen molar-refractivity contribution in [3.05, 3.63) is 47.2 Å². The SMILES string of the molecule is CS(=O)(=O)c1cnn(C(CN)c2cccc(Cl)c2)c1. The van der Waals surface area contributed by atoms with E-state index < -0.39 is 9.84 Å². The Labute approximate surface area is 116 Å². The van der Waals surface area contributed by atoms with Crippen LogP contribution in [0.2, 0.25) is 5.02 Å². The first-order chi connectivity index (χ1) is 8.91. The highest BCUT2D eigenvalue weighted by molar-refractivity contribution is 7.90. The quantitative estimate of drug-likeness (QED) is 0.928. The molecule has 0 saturated carbocycles. The van der Waals surface area contributed by atoms with Crippen LogP contribution in [0.5, 0.6) is 0 Å². The third-order valence-electron chi connectivity index (χ3n) is 2.78. The van der Waals surface area contributed by atoms with Gasteiger partial charge in [-0.25, -0.2) is 8.42 Å². The van der Waals surface area contributed by atoms with E-state index in [-0.39, 0.29) is 10.9 Å². The lowest BCUT2D eigenvalue weighted by Gasteiger charge is -2.16. The molecule has 2 rings (SSSR count). The Bertz CT molecular complexity index is 682. The maximum atomic E-state index is 11.4. The van der Waals surface area contributed by atoms with E-state index in [0.717, 1.165) is 11.8 Å². The van der Waals surface area contributed by atoms with Crippen molar-refractivity contribution in [2.24, 2.45) is 5.73 Å². The van der Waals surface area contributed by atoms with Crippen molar-refractivity contribution in [1.82, 2.24) is 9.78 Å². The summed E-state index contributed by atoms with van der Waals surface area (Å²) in [5.41, 5.74) is 6.64. The minimum atomic E-state index is -3.26. The van der Waals surface area contributed by atoms with E-state index in [1.54, 1.807) is 16.8 Å². The molecule has 2 N–H and O–H groups in total. The predicted molar refractivity (Wildman–Crippen MR) is 74.0 cm³/mol. The third-order valence-corrected chi connectivity index (χ3v) is 4.08. The molecule has 1 atom stereocenters. The van der Waals surface area contributed by atoms with Gasteiger partial charge in [-0.3, -0.25) is 4.68 Å². The standard InChI is InChI=1S/C12H14ClN3O2S/c1-19(17,18)11-7-15-16(8-11)12(6-14)9-3-2-4-10(13)5-9/h2-5,7-8,12H,6,14H2,1H3. The second kappa shape index (κ2) is 5.32. The van der Waals surface area contributed by atoms with Crippen LogP contribution in [0.4, 0.5) is 0 Å². The Kier molecular flexibility index (Phi) is 3.93. The largest absolute Gasteiger partial charge is 0.328 e. The molecule has 1 unspecified atom stereocenters. The van der Waals surface area contributed by atoms with Crippen molar-refractivity contribution < 1.29 is 8.42 Å². The Morgan fingerprint density at radius 2 is 2.21 bits per heavy atom. The molecule has 0 aliphatic carbocycles. The molecule has 1 heterocycles. The first-order valence-corrected chi connectivity index (χ1v) is 7.88. The van der Waals surface area contributed by atoms with Gasteiger partial charge in [0.1, 0.15) is 4.90 Å². The summed E-state index contributed by atoms with van der Waals surface area (Å²) >= 11 is 5.94. The number of hydrogen-bond donors (Lipinski definition) is 1. The summed E-state index contributed by atoms with van der Waals surface area (Å²) in [6.07, 6.45) is 3.95. The van der Waals surface area contributed by atoms with Gasteiger partial charge in [0.25, 0.3) is 0 Å². The van der Waals surface area contributed by atoms with Gasteiger partial charge in [0, 0.05) is 24.0 Å². The number of benzene rings is 1. The highest BCUT2D eigenvalue weighted by atomic mass is 35.5. The number of nitrogens with two attached hydrogens (primary N) is 1. The van der Waals surface area contributed by atoms with E-state index in [1.165, 1.54) is 12.4 Å². The van der Waals surface area contributed by atoms with Crippen LogP contribution in [0.3, 0.4) is 0 Å². The van der Waals surface area contributed by atoms with E-state index in [0.29, 0.717) is 11.6 Å². The number of sulfone groups is 1. The van der Waals surface area contributed by atoms with Crippen LogP contribution in [-0.4, -0.2) is 31.0 Å².